The van der Waals surface area contributed by atoms with Gasteiger partial charge in [0, 0.05) is 18.9 Å². The summed E-state index contributed by atoms with van der Waals surface area (Å²) in [4.78, 5) is 25.5. The summed E-state index contributed by atoms with van der Waals surface area (Å²) in [5, 5.41) is 19.9. The van der Waals surface area contributed by atoms with Crippen molar-refractivity contribution < 1.29 is 19.8 Å². The number of carbonyl (C=O) groups is 2. The van der Waals surface area contributed by atoms with Crippen LogP contribution in [0.15, 0.2) is 48.5 Å². The fourth-order valence-electron chi connectivity index (χ4n) is 4.23. The molecule has 1 amide bonds. The minimum atomic E-state index is -0.887. The van der Waals surface area contributed by atoms with Gasteiger partial charge in [-0.25, -0.2) is 0 Å². The van der Waals surface area contributed by atoms with Crippen LogP contribution in [-0.2, 0) is 16.0 Å². The maximum Gasteiger partial charge on any atom is 0.311 e. The molecule has 5 nitrogen and oxygen atoms in total. The summed E-state index contributed by atoms with van der Waals surface area (Å²) in [6.45, 7) is 0. The second-order valence-electron chi connectivity index (χ2n) is 7.08. The molecule has 3 atom stereocenters. The lowest BCUT2D eigenvalue weighted by atomic mass is 9.78. The van der Waals surface area contributed by atoms with Gasteiger partial charge in [-0.2, -0.15) is 0 Å². The Morgan fingerprint density at radius 3 is 2.50 bits per heavy atom. The van der Waals surface area contributed by atoms with E-state index in [9.17, 15) is 19.8 Å². The van der Waals surface area contributed by atoms with Gasteiger partial charge in [0.1, 0.15) is 6.23 Å². The number of carboxylic acids is 1. The molecule has 1 aliphatic heterocycles. The molecular weight excluding hydrogens is 330 g/mol. The zero-order valence-corrected chi connectivity index (χ0v) is 14.3. The van der Waals surface area contributed by atoms with Crippen molar-refractivity contribution in [2.24, 2.45) is 0 Å². The summed E-state index contributed by atoms with van der Waals surface area (Å²) >= 11 is 0. The molecule has 1 heterocycles. The Balaban J connectivity index is 1.71. The van der Waals surface area contributed by atoms with Crippen molar-refractivity contribution in [1.82, 2.24) is 4.90 Å². The number of carbonyl (C=O) groups excluding carboxylic acids is 1. The van der Waals surface area contributed by atoms with E-state index in [4.69, 9.17) is 0 Å². The Labute approximate surface area is 151 Å². The maximum absolute atomic E-state index is 12.1. The molecule has 0 radical (unpaired) electrons. The van der Waals surface area contributed by atoms with Crippen LogP contribution in [-0.4, -0.2) is 39.3 Å². The summed E-state index contributed by atoms with van der Waals surface area (Å²) in [6, 6.07) is 15.5. The quantitative estimate of drug-likeness (QED) is 0.891. The minimum Gasteiger partial charge on any atom is -0.481 e. The number of amides is 1. The van der Waals surface area contributed by atoms with Crippen molar-refractivity contribution >= 4 is 11.9 Å². The number of hydrogen-bond acceptors (Lipinski definition) is 3. The predicted molar refractivity (Wildman–Crippen MR) is 96.5 cm³/mol. The normalized spacial score (nSPS) is 25.2. The number of rotatable bonds is 3. The molecule has 4 rings (SSSR count). The van der Waals surface area contributed by atoms with E-state index in [2.05, 4.69) is 0 Å². The second-order valence-corrected chi connectivity index (χ2v) is 7.08. The summed E-state index contributed by atoms with van der Waals surface area (Å²) in [6.07, 6.45) is 0.870. The fraction of sp³-hybridized carbons (Fsp3) is 0.333. The molecule has 5 heteroatoms. The zero-order valence-electron chi connectivity index (χ0n) is 14.3. The Morgan fingerprint density at radius 1 is 1.08 bits per heavy atom. The second kappa shape index (κ2) is 6.57. The van der Waals surface area contributed by atoms with E-state index in [1.165, 1.54) is 4.90 Å². The van der Waals surface area contributed by atoms with Gasteiger partial charge in [-0.05, 0) is 35.1 Å². The number of aliphatic hydroxyl groups excluding tert-OH is 1. The van der Waals surface area contributed by atoms with Gasteiger partial charge in [0.15, 0.2) is 0 Å². The van der Waals surface area contributed by atoms with Gasteiger partial charge in [-0.15, -0.1) is 0 Å². The van der Waals surface area contributed by atoms with Gasteiger partial charge in [0.2, 0.25) is 5.91 Å². The highest BCUT2D eigenvalue weighted by molar-refractivity contribution is 5.81. The first kappa shape index (κ1) is 16.8. The fourth-order valence-corrected chi connectivity index (χ4v) is 4.23. The lowest BCUT2D eigenvalue weighted by molar-refractivity contribution is -0.143. The first-order valence-electron chi connectivity index (χ1n) is 8.95. The van der Waals surface area contributed by atoms with Gasteiger partial charge in [0.05, 0.1) is 5.92 Å². The largest absolute Gasteiger partial charge is 0.481 e. The van der Waals surface area contributed by atoms with E-state index in [0.717, 1.165) is 22.3 Å². The average Bonchev–Trinajstić information content (AvgIpc) is 2.99. The molecular formula is C21H21NO4. The third kappa shape index (κ3) is 2.88. The molecule has 2 aliphatic rings. The lowest BCUT2D eigenvalue weighted by Gasteiger charge is -2.37. The van der Waals surface area contributed by atoms with E-state index in [1.54, 1.807) is 0 Å². The average molecular weight is 351 g/mol. The van der Waals surface area contributed by atoms with E-state index in [1.807, 2.05) is 48.5 Å². The van der Waals surface area contributed by atoms with Crippen molar-refractivity contribution in [3.05, 3.63) is 59.7 Å². The molecule has 26 heavy (non-hydrogen) atoms. The van der Waals surface area contributed by atoms with Crippen molar-refractivity contribution in [3.63, 3.8) is 0 Å². The molecule has 2 aromatic rings. The Kier molecular flexibility index (Phi) is 4.24. The van der Waals surface area contributed by atoms with E-state index >= 15 is 0 Å². The number of likely N-dealkylation sites (tertiary alicyclic amines) is 1. The molecule has 134 valence electrons. The van der Waals surface area contributed by atoms with Gasteiger partial charge in [-0.3, -0.25) is 9.59 Å². The third-order valence-electron chi connectivity index (χ3n) is 5.51. The van der Waals surface area contributed by atoms with E-state index in [-0.39, 0.29) is 11.9 Å². The highest BCUT2D eigenvalue weighted by Crippen LogP contribution is 2.38. The van der Waals surface area contributed by atoms with Gasteiger partial charge in [-0.1, -0.05) is 48.5 Å². The van der Waals surface area contributed by atoms with Gasteiger partial charge in [0.25, 0.3) is 0 Å². The minimum absolute atomic E-state index is 0.0870. The van der Waals surface area contributed by atoms with Crippen LogP contribution in [0.3, 0.4) is 0 Å². The van der Waals surface area contributed by atoms with Crippen LogP contribution in [0.25, 0.3) is 11.1 Å². The molecule has 0 aromatic heterocycles. The molecule has 2 aromatic carbocycles. The summed E-state index contributed by atoms with van der Waals surface area (Å²) in [5.41, 5.74) is 3.80. The third-order valence-corrected chi connectivity index (χ3v) is 5.51. The molecule has 1 saturated heterocycles. The number of aliphatic carboxylic acids is 1. The van der Waals surface area contributed by atoms with Crippen molar-refractivity contribution in [3.8, 4) is 11.1 Å². The van der Waals surface area contributed by atoms with Crippen molar-refractivity contribution in [1.29, 1.82) is 0 Å². The Hall–Kier alpha value is -2.66. The summed E-state index contributed by atoms with van der Waals surface area (Å²) in [7, 11) is 0. The smallest absolute Gasteiger partial charge is 0.311 e. The lowest BCUT2D eigenvalue weighted by Crippen LogP contribution is -2.46. The number of benzene rings is 2. The zero-order chi connectivity index (χ0) is 18.3. The van der Waals surface area contributed by atoms with Crippen LogP contribution in [0.5, 0.6) is 0 Å². The number of hydrogen-bond donors (Lipinski definition) is 2. The molecule has 1 aliphatic carbocycles. The van der Waals surface area contributed by atoms with Crippen molar-refractivity contribution in [2.75, 3.05) is 0 Å². The van der Waals surface area contributed by atoms with Gasteiger partial charge < -0.3 is 15.1 Å². The standard InChI is InChI=1S/C21H21NO4/c23-19-8-9-20(24)22(19)16-10-15-7-6-14(13-4-2-1-3-5-13)11-17(15)18(12-16)21(25)26/h1-7,11,16,18-19,23H,8-10,12H2,(H,25,26). The molecule has 0 spiro atoms. The van der Waals surface area contributed by atoms with Crippen LogP contribution >= 0.6 is 0 Å². The van der Waals surface area contributed by atoms with Crippen LogP contribution in [0.2, 0.25) is 0 Å². The van der Waals surface area contributed by atoms with Gasteiger partial charge >= 0.3 is 5.97 Å². The van der Waals surface area contributed by atoms with Crippen LogP contribution < -0.4 is 0 Å². The monoisotopic (exact) mass is 351 g/mol. The topological polar surface area (TPSA) is 77.8 Å². The predicted octanol–water partition coefficient (Wildman–Crippen LogP) is 2.78. The van der Waals surface area contributed by atoms with Crippen LogP contribution in [0.1, 0.15) is 36.3 Å². The number of carboxylic acid groups (broad SMARTS) is 1. The number of nitrogens with zero attached hydrogens (tertiary/aromatic N) is 1. The number of fused-ring (bicyclic) bond motifs is 1. The van der Waals surface area contributed by atoms with Crippen LogP contribution in [0, 0.1) is 0 Å². The van der Waals surface area contributed by atoms with Crippen LogP contribution in [0.4, 0.5) is 0 Å². The van der Waals surface area contributed by atoms with E-state index < -0.39 is 18.1 Å². The molecule has 1 fully saturated rings. The first-order chi connectivity index (χ1) is 12.5. The molecule has 2 N–H and O–H groups in total. The van der Waals surface area contributed by atoms with Crippen molar-refractivity contribution in [2.45, 2.75) is 43.9 Å². The highest BCUT2D eigenvalue weighted by Gasteiger charge is 2.40. The number of aliphatic hydroxyl groups is 1. The molecule has 0 saturated carbocycles. The maximum atomic E-state index is 12.1. The highest BCUT2D eigenvalue weighted by atomic mass is 16.4. The Morgan fingerprint density at radius 2 is 1.85 bits per heavy atom. The first-order valence-corrected chi connectivity index (χ1v) is 8.95. The molecule has 0 bridgehead atoms. The summed E-state index contributed by atoms with van der Waals surface area (Å²) < 4.78 is 0. The Bertz CT molecular complexity index is 848. The molecule has 3 unspecified atom stereocenters. The SMILES string of the molecule is O=C(O)C1CC(N2C(=O)CCC2O)Cc2ccc(-c3ccccc3)cc21. The van der Waals surface area contributed by atoms with E-state index in [0.29, 0.717) is 25.7 Å². The summed E-state index contributed by atoms with van der Waals surface area (Å²) in [5.74, 6) is -1.65.